The average Bonchev–Trinajstić information content (AvgIpc) is 3.01. The molecule has 0 saturated carbocycles. The van der Waals surface area contributed by atoms with Gasteiger partial charge in [-0.2, -0.15) is 0 Å². The highest BCUT2D eigenvalue weighted by Crippen LogP contribution is 2.31. The molecule has 0 spiro atoms. The third kappa shape index (κ3) is 2.82. The van der Waals surface area contributed by atoms with Crippen molar-refractivity contribution in [3.05, 3.63) is 81.5 Å². The molecule has 1 unspecified atom stereocenters. The molecule has 0 amide bonds. The molecular formula is C18H14ClN5O2. The van der Waals surface area contributed by atoms with Crippen LogP contribution in [-0.4, -0.2) is 27.7 Å². The van der Waals surface area contributed by atoms with Crippen LogP contribution < -0.4 is 5.01 Å². The Kier molecular flexibility index (Phi) is 3.93. The summed E-state index contributed by atoms with van der Waals surface area (Å²) in [5.74, 6) is 0.734. The number of amidine groups is 1. The molecule has 2 aromatic rings. The maximum absolute atomic E-state index is 10.9. The molecule has 0 aliphatic carbocycles. The molecule has 0 N–H and O–H groups in total. The van der Waals surface area contributed by atoms with E-state index in [1.54, 1.807) is 17.1 Å². The Morgan fingerprint density at radius 3 is 2.46 bits per heavy atom. The second-order valence-electron chi connectivity index (χ2n) is 5.89. The number of allylic oxidation sites excluding steroid dienone is 1. The second-order valence-corrected chi connectivity index (χ2v) is 6.32. The number of rotatable bonds is 3. The van der Waals surface area contributed by atoms with Crippen molar-refractivity contribution in [2.75, 3.05) is 5.01 Å². The van der Waals surface area contributed by atoms with Crippen molar-refractivity contribution in [1.82, 2.24) is 4.90 Å². The van der Waals surface area contributed by atoms with Crippen molar-refractivity contribution in [3.63, 3.8) is 0 Å². The van der Waals surface area contributed by atoms with E-state index in [1.807, 2.05) is 48.4 Å². The number of hydrazone groups is 1. The van der Waals surface area contributed by atoms with Crippen LogP contribution in [0.3, 0.4) is 0 Å². The van der Waals surface area contributed by atoms with Gasteiger partial charge >= 0.3 is 0 Å². The molecule has 7 nitrogen and oxygen atoms in total. The lowest BCUT2D eigenvalue weighted by atomic mass is 10.2. The summed E-state index contributed by atoms with van der Waals surface area (Å²) in [4.78, 5) is 17.1. The highest BCUT2D eigenvalue weighted by atomic mass is 35.5. The van der Waals surface area contributed by atoms with Gasteiger partial charge in [0.2, 0.25) is 6.29 Å². The number of fused-ring (bicyclic) bond motifs is 1. The zero-order valence-electron chi connectivity index (χ0n) is 13.8. The number of aliphatic imine (C=N–C) groups is 1. The van der Waals surface area contributed by atoms with E-state index >= 15 is 0 Å². The van der Waals surface area contributed by atoms with E-state index in [0.29, 0.717) is 5.02 Å². The number of hydrogen-bond acceptors (Lipinski definition) is 6. The van der Waals surface area contributed by atoms with Gasteiger partial charge in [0, 0.05) is 34.6 Å². The predicted molar refractivity (Wildman–Crippen MR) is 101 cm³/mol. The minimum atomic E-state index is -0.422. The molecule has 0 fully saturated rings. The molecule has 0 radical (unpaired) electrons. The van der Waals surface area contributed by atoms with E-state index in [4.69, 9.17) is 16.7 Å². The summed E-state index contributed by atoms with van der Waals surface area (Å²) in [5.41, 5.74) is 2.55. The van der Waals surface area contributed by atoms with E-state index in [-0.39, 0.29) is 12.0 Å². The Balaban J connectivity index is 1.75. The summed E-state index contributed by atoms with van der Waals surface area (Å²) in [5, 5.41) is 18.0. The van der Waals surface area contributed by atoms with Crippen molar-refractivity contribution in [2.45, 2.75) is 13.2 Å². The molecule has 2 heterocycles. The van der Waals surface area contributed by atoms with E-state index in [1.165, 1.54) is 12.1 Å². The maximum Gasteiger partial charge on any atom is 0.269 e. The number of non-ortho nitro benzene ring substituents is 1. The fraction of sp³-hybridized carbons (Fsp3) is 0.111. The summed E-state index contributed by atoms with van der Waals surface area (Å²) < 4.78 is 0. The van der Waals surface area contributed by atoms with Crippen LogP contribution in [0.15, 0.2) is 70.9 Å². The minimum absolute atomic E-state index is 0.0370. The number of nitrogens with zero attached hydrogens (tertiary/aromatic N) is 5. The molecule has 0 bridgehead atoms. The zero-order valence-corrected chi connectivity index (χ0v) is 14.5. The lowest BCUT2D eigenvalue weighted by molar-refractivity contribution is -0.384. The van der Waals surface area contributed by atoms with Crippen LogP contribution in [0.5, 0.6) is 0 Å². The van der Waals surface area contributed by atoms with Crippen LogP contribution >= 0.6 is 11.6 Å². The molecule has 0 saturated heterocycles. The maximum atomic E-state index is 10.9. The monoisotopic (exact) mass is 367 g/mol. The first kappa shape index (κ1) is 16.3. The Morgan fingerprint density at radius 2 is 1.81 bits per heavy atom. The van der Waals surface area contributed by atoms with Crippen LogP contribution in [-0.2, 0) is 0 Å². The smallest absolute Gasteiger partial charge is 0.269 e. The molecule has 1 atom stereocenters. The number of benzene rings is 2. The van der Waals surface area contributed by atoms with Gasteiger partial charge in [-0.15, -0.1) is 5.10 Å². The molecular weight excluding hydrogens is 354 g/mol. The summed E-state index contributed by atoms with van der Waals surface area (Å²) in [6.45, 7) is 1.92. The number of nitro benzene ring substituents is 1. The highest BCUT2D eigenvalue weighted by Gasteiger charge is 2.35. The number of anilines is 1. The van der Waals surface area contributed by atoms with Crippen LogP contribution in [0.2, 0.25) is 5.02 Å². The fourth-order valence-corrected chi connectivity index (χ4v) is 2.96. The van der Waals surface area contributed by atoms with Crippen molar-refractivity contribution in [3.8, 4) is 0 Å². The first-order valence-corrected chi connectivity index (χ1v) is 8.30. The third-order valence-corrected chi connectivity index (χ3v) is 4.39. The Morgan fingerprint density at radius 1 is 1.12 bits per heavy atom. The Hall–Kier alpha value is -3.19. The molecule has 0 aromatic heterocycles. The minimum Gasteiger partial charge on any atom is -0.289 e. The van der Waals surface area contributed by atoms with E-state index in [2.05, 4.69) is 4.99 Å². The highest BCUT2D eigenvalue weighted by molar-refractivity contribution is 6.30. The van der Waals surface area contributed by atoms with Gasteiger partial charge in [-0.1, -0.05) is 11.6 Å². The van der Waals surface area contributed by atoms with Crippen molar-refractivity contribution < 1.29 is 4.92 Å². The lowest BCUT2D eigenvalue weighted by Crippen LogP contribution is -2.40. The summed E-state index contributed by atoms with van der Waals surface area (Å²) in [6, 6.07) is 13.7. The zero-order chi connectivity index (χ0) is 18.3. The summed E-state index contributed by atoms with van der Waals surface area (Å²) in [6.07, 6.45) is 3.49. The predicted octanol–water partition coefficient (Wildman–Crippen LogP) is 4.00. The first-order chi connectivity index (χ1) is 12.5. The Bertz CT molecular complexity index is 951. The second kappa shape index (κ2) is 6.27. The summed E-state index contributed by atoms with van der Waals surface area (Å²) >= 11 is 5.99. The number of hydrogen-bond donors (Lipinski definition) is 0. The quantitative estimate of drug-likeness (QED) is 0.607. The Labute approximate surface area is 154 Å². The SMILES string of the molecule is CC1=NC2N(C=C1)C(c1ccc(Cl)cc1)=NN2c1ccc([N+](=O)[O-])cc1. The van der Waals surface area contributed by atoms with Crippen LogP contribution in [0.4, 0.5) is 11.4 Å². The molecule has 4 rings (SSSR count). The molecule has 2 aliphatic rings. The van der Waals surface area contributed by atoms with E-state index in [9.17, 15) is 10.1 Å². The van der Waals surface area contributed by atoms with Gasteiger partial charge in [0.25, 0.3) is 5.69 Å². The van der Waals surface area contributed by atoms with E-state index in [0.717, 1.165) is 22.8 Å². The molecule has 130 valence electrons. The molecule has 2 aromatic carbocycles. The molecule has 8 heteroatoms. The van der Waals surface area contributed by atoms with Crippen LogP contribution in [0.25, 0.3) is 0 Å². The normalized spacial score (nSPS) is 18.5. The van der Waals surface area contributed by atoms with Gasteiger partial charge in [0.15, 0.2) is 5.84 Å². The van der Waals surface area contributed by atoms with Gasteiger partial charge in [-0.05, 0) is 49.4 Å². The van der Waals surface area contributed by atoms with Gasteiger partial charge < -0.3 is 0 Å². The largest absolute Gasteiger partial charge is 0.289 e. The van der Waals surface area contributed by atoms with Crippen molar-refractivity contribution in [1.29, 1.82) is 0 Å². The fourth-order valence-electron chi connectivity index (χ4n) is 2.83. The summed E-state index contributed by atoms with van der Waals surface area (Å²) in [7, 11) is 0. The molecule has 2 aliphatic heterocycles. The topological polar surface area (TPSA) is 74.3 Å². The van der Waals surface area contributed by atoms with Gasteiger partial charge in [0.1, 0.15) is 0 Å². The van der Waals surface area contributed by atoms with Gasteiger partial charge in [0.05, 0.1) is 10.6 Å². The van der Waals surface area contributed by atoms with E-state index < -0.39 is 4.92 Å². The standard InChI is InChI=1S/C18H14ClN5O2/c1-12-10-11-22-17(13-2-4-14(19)5-3-13)21-23(18(22)20-12)15-6-8-16(9-7-15)24(25)26/h2-11,18H,1H3. The average molecular weight is 368 g/mol. The number of halogens is 1. The van der Waals surface area contributed by atoms with Gasteiger partial charge in [-0.25, -0.2) is 10.0 Å². The third-order valence-electron chi connectivity index (χ3n) is 4.14. The van der Waals surface area contributed by atoms with Gasteiger partial charge in [-0.3, -0.25) is 15.0 Å². The first-order valence-electron chi connectivity index (χ1n) is 7.92. The van der Waals surface area contributed by atoms with Crippen molar-refractivity contribution in [2.24, 2.45) is 10.1 Å². The van der Waals surface area contributed by atoms with Crippen LogP contribution in [0.1, 0.15) is 12.5 Å². The van der Waals surface area contributed by atoms with Crippen molar-refractivity contribution >= 4 is 34.5 Å². The lowest BCUT2D eigenvalue weighted by Gasteiger charge is -2.28. The van der Waals surface area contributed by atoms with Crippen LogP contribution in [0, 0.1) is 10.1 Å². The molecule has 26 heavy (non-hydrogen) atoms. The number of nitro groups is 1.